The van der Waals surface area contributed by atoms with Crippen molar-refractivity contribution in [1.82, 2.24) is 0 Å². The molecule has 2 rings (SSSR count). The van der Waals surface area contributed by atoms with E-state index < -0.39 is 0 Å². The minimum Gasteiger partial charge on any atom is -0.463 e. The Labute approximate surface area is 108 Å². The summed E-state index contributed by atoms with van der Waals surface area (Å²) in [6, 6.07) is 6.54. The van der Waals surface area contributed by atoms with E-state index in [4.69, 9.17) is 10.5 Å². The molecule has 0 aromatic heterocycles. The smallest absolute Gasteiger partial charge is 0.330 e. The molecule has 18 heavy (non-hydrogen) atoms. The van der Waals surface area contributed by atoms with Crippen LogP contribution in [0.15, 0.2) is 24.3 Å². The van der Waals surface area contributed by atoms with E-state index in [2.05, 4.69) is 12.1 Å². The highest BCUT2D eigenvalue weighted by molar-refractivity contribution is 5.87. The standard InChI is InChI=1S/C15H19NO2/c1-2-18-15(17)8-4-11-3-5-12-6-7-14(16)10-13(12)9-11/h3-5,8-9,14H,2,6-7,10,16H2,1H3/b8-4+/t14-/m1/s1. The van der Waals surface area contributed by atoms with Crippen molar-refractivity contribution in [3.05, 3.63) is 41.0 Å². The van der Waals surface area contributed by atoms with E-state index in [1.165, 1.54) is 17.2 Å². The molecule has 1 aliphatic carbocycles. The van der Waals surface area contributed by atoms with Gasteiger partial charge in [-0.1, -0.05) is 18.2 Å². The number of benzene rings is 1. The van der Waals surface area contributed by atoms with E-state index in [0.29, 0.717) is 6.61 Å². The Morgan fingerprint density at radius 3 is 3.11 bits per heavy atom. The van der Waals surface area contributed by atoms with Gasteiger partial charge in [0.15, 0.2) is 0 Å². The average Bonchev–Trinajstić information content (AvgIpc) is 2.36. The van der Waals surface area contributed by atoms with Gasteiger partial charge in [-0.05, 0) is 49.0 Å². The third kappa shape index (κ3) is 3.20. The van der Waals surface area contributed by atoms with Gasteiger partial charge in [0.25, 0.3) is 0 Å². The molecular formula is C15H19NO2. The van der Waals surface area contributed by atoms with Crippen molar-refractivity contribution in [2.45, 2.75) is 32.2 Å². The van der Waals surface area contributed by atoms with E-state index in [9.17, 15) is 4.79 Å². The molecule has 0 radical (unpaired) electrons. The zero-order valence-corrected chi connectivity index (χ0v) is 10.7. The molecule has 1 aromatic carbocycles. The molecule has 0 bridgehead atoms. The number of rotatable bonds is 3. The minimum atomic E-state index is -0.299. The second-order valence-corrected chi connectivity index (χ2v) is 4.62. The van der Waals surface area contributed by atoms with E-state index in [1.54, 1.807) is 13.0 Å². The summed E-state index contributed by atoms with van der Waals surface area (Å²) in [5, 5.41) is 0. The van der Waals surface area contributed by atoms with Crippen LogP contribution in [0.1, 0.15) is 30.0 Å². The number of hydrogen-bond donors (Lipinski definition) is 1. The number of hydrogen-bond acceptors (Lipinski definition) is 3. The summed E-state index contributed by atoms with van der Waals surface area (Å²) in [6.07, 6.45) is 6.30. The molecule has 1 aromatic rings. The lowest BCUT2D eigenvalue weighted by Gasteiger charge is -2.21. The lowest BCUT2D eigenvalue weighted by Crippen LogP contribution is -2.27. The van der Waals surface area contributed by atoms with Crippen molar-refractivity contribution < 1.29 is 9.53 Å². The van der Waals surface area contributed by atoms with Gasteiger partial charge in [0.1, 0.15) is 0 Å². The van der Waals surface area contributed by atoms with Gasteiger partial charge >= 0.3 is 5.97 Å². The van der Waals surface area contributed by atoms with Crippen molar-refractivity contribution in [2.75, 3.05) is 6.61 Å². The summed E-state index contributed by atoms with van der Waals surface area (Å²) in [4.78, 5) is 11.2. The molecule has 0 unspecified atom stereocenters. The predicted molar refractivity (Wildman–Crippen MR) is 72.1 cm³/mol. The normalized spacial score (nSPS) is 18.7. The lowest BCUT2D eigenvalue weighted by molar-refractivity contribution is -0.137. The fraction of sp³-hybridized carbons (Fsp3) is 0.400. The van der Waals surface area contributed by atoms with Crippen LogP contribution in [-0.2, 0) is 22.4 Å². The van der Waals surface area contributed by atoms with Crippen molar-refractivity contribution in [3.63, 3.8) is 0 Å². The SMILES string of the molecule is CCOC(=O)/C=C/c1ccc2c(c1)C[C@H](N)CC2. The molecule has 0 saturated heterocycles. The molecule has 96 valence electrons. The van der Waals surface area contributed by atoms with E-state index in [0.717, 1.165) is 24.8 Å². The molecule has 2 N–H and O–H groups in total. The van der Waals surface area contributed by atoms with Gasteiger partial charge in [-0.3, -0.25) is 0 Å². The van der Waals surface area contributed by atoms with Crippen molar-refractivity contribution in [1.29, 1.82) is 0 Å². The van der Waals surface area contributed by atoms with Crippen LogP contribution in [0.25, 0.3) is 6.08 Å². The summed E-state index contributed by atoms with van der Waals surface area (Å²) in [5.74, 6) is -0.299. The van der Waals surface area contributed by atoms with E-state index >= 15 is 0 Å². The predicted octanol–water partition coefficient (Wildman–Crippen LogP) is 2.08. The van der Waals surface area contributed by atoms with Gasteiger partial charge in [-0.2, -0.15) is 0 Å². The summed E-state index contributed by atoms with van der Waals surface area (Å²) in [6.45, 7) is 2.20. The molecule has 3 heteroatoms. The molecular weight excluding hydrogens is 226 g/mol. The first-order valence-corrected chi connectivity index (χ1v) is 6.41. The fourth-order valence-electron chi connectivity index (χ4n) is 2.26. The first-order chi connectivity index (χ1) is 8.69. The number of carbonyl (C=O) groups excluding carboxylic acids is 1. The van der Waals surface area contributed by atoms with Gasteiger partial charge in [0.05, 0.1) is 6.61 Å². The first-order valence-electron chi connectivity index (χ1n) is 6.41. The molecule has 0 saturated carbocycles. The molecule has 0 fully saturated rings. The third-order valence-electron chi connectivity index (χ3n) is 3.20. The van der Waals surface area contributed by atoms with Gasteiger partial charge < -0.3 is 10.5 Å². The van der Waals surface area contributed by atoms with E-state index in [-0.39, 0.29) is 12.0 Å². The number of fused-ring (bicyclic) bond motifs is 1. The van der Waals surface area contributed by atoms with Crippen LogP contribution in [0.4, 0.5) is 0 Å². The van der Waals surface area contributed by atoms with Crippen molar-refractivity contribution in [2.24, 2.45) is 5.73 Å². The van der Waals surface area contributed by atoms with Crippen molar-refractivity contribution >= 4 is 12.0 Å². The van der Waals surface area contributed by atoms with Crippen molar-refractivity contribution in [3.8, 4) is 0 Å². The maximum atomic E-state index is 11.2. The van der Waals surface area contributed by atoms with Gasteiger partial charge in [-0.15, -0.1) is 0 Å². The Morgan fingerprint density at radius 1 is 1.50 bits per heavy atom. The van der Waals surface area contributed by atoms with Gasteiger partial charge in [0, 0.05) is 12.1 Å². The van der Waals surface area contributed by atoms with Gasteiger partial charge in [0.2, 0.25) is 0 Å². The van der Waals surface area contributed by atoms with Crippen LogP contribution in [0.5, 0.6) is 0 Å². The molecule has 0 spiro atoms. The second-order valence-electron chi connectivity index (χ2n) is 4.62. The topological polar surface area (TPSA) is 52.3 Å². The van der Waals surface area contributed by atoms with Crippen LogP contribution < -0.4 is 5.73 Å². The number of carbonyl (C=O) groups is 1. The maximum Gasteiger partial charge on any atom is 0.330 e. The summed E-state index contributed by atoms with van der Waals surface area (Å²) >= 11 is 0. The molecule has 0 aliphatic heterocycles. The molecule has 3 nitrogen and oxygen atoms in total. The average molecular weight is 245 g/mol. The zero-order chi connectivity index (χ0) is 13.0. The Balaban J connectivity index is 2.11. The highest BCUT2D eigenvalue weighted by atomic mass is 16.5. The molecule has 0 heterocycles. The largest absolute Gasteiger partial charge is 0.463 e. The lowest BCUT2D eigenvalue weighted by atomic mass is 9.87. The Morgan fingerprint density at radius 2 is 2.33 bits per heavy atom. The van der Waals surface area contributed by atoms with Crippen LogP contribution in [0.2, 0.25) is 0 Å². The van der Waals surface area contributed by atoms with Crippen LogP contribution in [0.3, 0.4) is 0 Å². The number of nitrogens with two attached hydrogens (primary N) is 1. The quantitative estimate of drug-likeness (QED) is 0.655. The Hall–Kier alpha value is -1.61. The first kappa shape index (κ1) is 12.8. The summed E-state index contributed by atoms with van der Waals surface area (Å²) in [5.41, 5.74) is 9.68. The highest BCUT2D eigenvalue weighted by Gasteiger charge is 2.14. The van der Waals surface area contributed by atoms with Crippen LogP contribution in [-0.4, -0.2) is 18.6 Å². The highest BCUT2D eigenvalue weighted by Crippen LogP contribution is 2.22. The molecule has 1 aliphatic rings. The molecule has 0 amide bonds. The fourth-order valence-corrected chi connectivity index (χ4v) is 2.26. The van der Waals surface area contributed by atoms with Crippen LogP contribution in [0, 0.1) is 0 Å². The monoisotopic (exact) mass is 245 g/mol. The maximum absolute atomic E-state index is 11.2. The van der Waals surface area contributed by atoms with Crippen LogP contribution >= 0.6 is 0 Å². The number of aryl methyl sites for hydroxylation is 1. The number of esters is 1. The number of ether oxygens (including phenoxy) is 1. The van der Waals surface area contributed by atoms with E-state index in [1.807, 2.05) is 6.07 Å². The second kappa shape index (κ2) is 5.83. The summed E-state index contributed by atoms with van der Waals surface area (Å²) in [7, 11) is 0. The Kier molecular flexibility index (Phi) is 4.15. The Bertz CT molecular complexity index is 466. The zero-order valence-electron chi connectivity index (χ0n) is 10.7. The third-order valence-corrected chi connectivity index (χ3v) is 3.20. The summed E-state index contributed by atoms with van der Waals surface area (Å²) < 4.78 is 4.85. The minimum absolute atomic E-state index is 0.266. The molecule has 1 atom stereocenters. The van der Waals surface area contributed by atoms with Gasteiger partial charge in [-0.25, -0.2) is 4.79 Å².